The molecule has 0 heterocycles. The van der Waals surface area contributed by atoms with Gasteiger partial charge in [-0.3, -0.25) is 0 Å². The minimum absolute atomic E-state index is 0.0444. The molecule has 0 amide bonds. The van der Waals surface area contributed by atoms with Crippen molar-refractivity contribution in [2.24, 2.45) is 5.92 Å². The first kappa shape index (κ1) is 20.5. The first-order valence-corrected chi connectivity index (χ1v) is 10.6. The summed E-state index contributed by atoms with van der Waals surface area (Å²) >= 11 is 0. The number of benzene rings is 1. The third-order valence-corrected chi connectivity index (χ3v) is 6.43. The molecule has 0 bridgehead atoms. The third-order valence-electron chi connectivity index (χ3n) is 4.64. The molecule has 1 aliphatic carbocycles. The average Bonchev–Trinajstić information content (AvgIpc) is 3.26. The Hall–Kier alpha value is -1.80. The highest BCUT2D eigenvalue weighted by molar-refractivity contribution is 7.95. The normalized spacial score (nSPS) is 16.4. The second-order valence-electron chi connectivity index (χ2n) is 9.31. The van der Waals surface area contributed by atoms with E-state index in [1.807, 2.05) is 47.6 Å². The zero-order valence-electron chi connectivity index (χ0n) is 16.5. The Balaban J connectivity index is 2.63. The van der Waals surface area contributed by atoms with Crippen molar-refractivity contribution in [3.63, 3.8) is 0 Å². The Labute approximate surface area is 157 Å². The second kappa shape index (κ2) is 6.74. The van der Waals surface area contributed by atoms with Gasteiger partial charge in [-0.15, -0.1) is 0 Å². The Morgan fingerprint density at radius 1 is 1.15 bits per heavy atom. The number of nitriles is 1. The fraction of sp³-hybridized carbons (Fsp3) is 0.571. The van der Waals surface area contributed by atoms with Gasteiger partial charge in [-0.2, -0.15) is 5.26 Å². The van der Waals surface area contributed by atoms with Crippen LogP contribution in [0.5, 0.6) is 5.75 Å². The molecule has 0 spiro atoms. The Morgan fingerprint density at radius 2 is 1.62 bits per heavy atom. The minimum Gasteiger partial charge on any atom is -0.507 e. The lowest BCUT2D eigenvalue weighted by molar-refractivity contribution is 0.423. The van der Waals surface area contributed by atoms with Crippen LogP contribution in [-0.2, 0) is 20.7 Å². The molecular weight excluding hydrogens is 346 g/mol. The van der Waals surface area contributed by atoms with Crippen molar-refractivity contribution >= 4 is 15.9 Å². The summed E-state index contributed by atoms with van der Waals surface area (Å²) in [6, 6.07) is 5.44. The lowest BCUT2D eigenvalue weighted by Crippen LogP contribution is -2.17. The molecule has 1 saturated carbocycles. The molecule has 5 heteroatoms. The highest BCUT2D eigenvalue weighted by Crippen LogP contribution is 2.40. The van der Waals surface area contributed by atoms with Gasteiger partial charge in [0.2, 0.25) is 0 Å². The maximum atomic E-state index is 12.5. The average molecular weight is 376 g/mol. The zero-order valence-corrected chi connectivity index (χ0v) is 17.4. The molecule has 1 N–H and O–H groups in total. The van der Waals surface area contributed by atoms with E-state index in [0.717, 1.165) is 24.0 Å². The monoisotopic (exact) mass is 375 g/mol. The van der Waals surface area contributed by atoms with Gasteiger partial charge in [0.15, 0.2) is 9.84 Å². The van der Waals surface area contributed by atoms with Crippen molar-refractivity contribution in [3.05, 3.63) is 33.7 Å². The summed E-state index contributed by atoms with van der Waals surface area (Å²) in [5, 5.41) is 20.2. The van der Waals surface area contributed by atoms with Gasteiger partial charge in [0.05, 0.1) is 5.75 Å². The van der Waals surface area contributed by atoms with E-state index in [4.69, 9.17) is 0 Å². The Kier molecular flexibility index (Phi) is 5.31. The molecule has 1 aliphatic rings. The van der Waals surface area contributed by atoms with Gasteiger partial charge in [0, 0.05) is 11.1 Å². The summed E-state index contributed by atoms with van der Waals surface area (Å²) in [6.45, 7) is 12.0. The zero-order chi connectivity index (χ0) is 19.9. The standard InChI is InChI=1S/C21H29NO3S/c1-20(2,3)17-10-15(11-18(19(17)23)21(4,5)6)9-16(12-22)26(24,25)13-14-7-8-14/h9-11,14,23H,7-8,13H2,1-6H3/b16-9-. The van der Waals surface area contributed by atoms with Crippen molar-refractivity contribution in [1.82, 2.24) is 0 Å². The molecule has 26 heavy (non-hydrogen) atoms. The number of aromatic hydroxyl groups is 1. The topological polar surface area (TPSA) is 78.2 Å². The third kappa shape index (κ3) is 4.67. The summed E-state index contributed by atoms with van der Waals surface area (Å²) in [5.41, 5.74) is 1.50. The van der Waals surface area contributed by atoms with Gasteiger partial charge in [0.1, 0.15) is 16.7 Å². The number of nitrogens with zero attached hydrogens (tertiary/aromatic N) is 1. The van der Waals surface area contributed by atoms with E-state index in [-0.39, 0.29) is 33.2 Å². The first-order chi connectivity index (χ1) is 11.8. The molecule has 0 aliphatic heterocycles. The lowest BCUT2D eigenvalue weighted by atomic mass is 9.78. The fourth-order valence-corrected chi connectivity index (χ4v) is 4.50. The lowest BCUT2D eigenvalue weighted by Gasteiger charge is -2.28. The minimum atomic E-state index is -3.58. The molecule has 4 nitrogen and oxygen atoms in total. The van der Waals surface area contributed by atoms with Crippen LogP contribution in [0.25, 0.3) is 6.08 Å². The molecule has 2 rings (SSSR count). The number of hydrogen-bond acceptors (Lipinski definition) is 4. The van der Waals surface area contributed by atoms with Gasteiger partial charge < -0.3 is 5.11 Å². The summed E-state index contributed by atoms with van der Waals surface area (Å²) in [5.74, 6) is 0.469. The highest BCUT2D eigenvalue weighted by atomic mass is 32.2. The quantitative estimate of drug-likeness (QED) is 0.775. The number of phenolic OH excluding ortho intramolecular Hbond substituents is 1. The summed E-state index contributed by atoms with van der Waals surface area (Å²) in [7, 11) is -3.58. The summed E-state index contributed by atoms with van der Waals surface area (Å²) in [4.78, 5) is -0.199. The van der Waals surface area contributed by atoms with Crippen LogP contribution < -0.4 is 0 Å². The van der Waals surface area contributed by atoms with Gasteiger partial charge in [-0.25, -0.2) is 8.42 Å². The van der Waals surface area contributed by atoms with Crippen LogP contribution in [-0.4, -0.2) is 19.3 Å². The van der Waals surface area contributed by atoms with E-state index in [9.17, 15) is 18.8 Å². The number of rotatable bonds is 4. The SMILES string of the molecule is CC(C)(C)c1cc(/C=C(/C#N)S(=O)(=O)CC2CC2)cc(C(C)(C)C)c1O. The first-order valence-electron chi connectivity index (χ1n) is 8.98. The largest absolute Gasteiger partial charge is 0.507 e. The van der Waals surface area contributed by atoms with Crippen LogP contribution in [0.1, 0.15) is 71.1 Å². The van der Waals surface area contributed by atoms with Crippen molar-refractivity contribution in [3.8, 4) is 11.8 Å². The molecule has 0 aromatic heterocycles. The van der Waals surface area contributed by atoms with Crippen molar-refractivity contribution < 1.29 is 13.5 Å². The number of allylic oxidation sites excluding steroid dienone is 1. The molecular formula is C21H29NO3S. The smallest absolute Gasteiger partial charge is 0.188 e. The summed E-state index contributed by atoms with van der Waals surface area (Å²) < 4.78 is 25.0. The maximum absolute atomic E-state index is 12.5. The fourth-order valence-electron chi connectivity index (χ4n) is 2.91. The predicted octanol–water partition coefficient (Wildman–Crippen LogP) is 4.68. The van der Waals surface area contributed by atoms with Crippen LogP contribution in [0.4, 0.5) is 0 Å². The van der Waals surface area contributed by atoms with E-state index in [1.165, 1.54) is 6.08 Å². The van der Waals surface area contributed by atoms with E-state index in [0.29, 0.717) is 5.56 Å². The van der Waals surface area contributed by atoms with Gasteiger partial charge >= 0.3 is 0 Å². The summed E-state index contributed by atoms with van der Waals surface area (Å²) in [6.07, 6.45) is 3.28. The Bertz CT molecular complexity index is 836. The van der Waals surface area contributed by atoms with Crippen molar-refractivity contribution in [1.29, 1.82) is 5.26 Å². The molecule has 0 saturated heterocycles. The van der Waals surface area contributed by atoms with Crippen LogP contribution in [0.2, 0.25) is 0 Å². The van der Waals surface area contributed by atoms with E-state index in [2.05, 4.69) is 0 Å². The molecule has 1 fully saturated rings. The number of hydrogen-bond donors (Lipinski definition) is 1. The predicted molar refractivity (Wildman–Crippen MR) is 106 cm³/mol. The van der Waals surface area contributed by atoms with Gasteiger partial charge in [-0.05, 0) is 53.4 Å². The van der Waals surface area contributed by atoms with E-state index >= 15 is 0 Å². The second-order valence-corrected chi connectivity index (χ2v) is 11.3. The van der Waals surface area contributed by atoms with Crippen molar-refractivity contribution in [2.45, 2.75) is 65.2 Å². The van der Waals surface area contributed by atoms with E-state index in [1.54, 1.807) is 12.1 Å². The van der Waals surface area contributed by atoms with Gasteiger partial charge in [-0.1, -0.05) is 41.5 Å². The van der Waals surface area contributed by atoms with Crippen molar-refractivity contribution in [2.75, 3.05) is 5.75 Å². The van der Waals surface area contributed by atoms with Crippen LogP contribution >= 0.6 is 0 Å². The van der Waals surface area contributed by atoms with Crippen LogP contribution in [0.15, 0.2) is 17.0 Å². The Morgan fingerprint density at radius 3 is 1.96 bits per heavy atom. The number of sulfone groups is 1. The van der Waals surface area contributed by atoms with E-state index < -0.39 is 9.84 Å². The molecule has 142 valence electrons. The molecule has 1 aromatic rings. The maximum Gasteiger partial charge on any atom is 0.188 e. The van der Waals surface area contributed by atoms with Crippen LogP contribution in [0, 0.1) is 17.2 Å². The molecule has 1 aromatic carbocycles. The van der Waals surface area contributed by atoms with Gasteiger partial charge in [0.25, 0.3) is 0 Å². The highest BCUT2D eigenvalue weighted by Gasteiger charge is 2.31. The van der Waals surface area contributed by atoms with Crippen LogP contribution in [0.3, 0.4) is 0 Å². The number of phenols is 1. The molecule has 0 unspecified atom stereocenters. The molecule has 0 atom stereocenters. The molecule has 0 radical (unpaired) electrons.